The third kappa shape index (κ3) is 4.24. The topological polar surface area (TPSA) is 81.9 Å². The summed E-state index contributed by atoms with van der Waals surface area (Å²) in [5, 5.41) is 11.1. The molecular formula is C21H24N2O5. The molecule has 0 radical (unpaired) electrons. The first-order valence-electron chi connectivity index (χ1n) is 9.33. The van der Waals surface area contributed by atoms with Gasteiger partial charge in [0.25, 0.3) is 11.6 Å². The van der Waals surface area contributed by atoms with E-state index in [1.165, 1.54) is 12.1 Å². The minimum Gasteiger partial charge on any atom is -0.494 e. The molecule has 0 fully saturated rings. The van der Waals surface area contributed by atoms with Gasteiger partial charge in [0, 0.05) is 18.7 Å². The van der Waals surface area contributed by atoms with E-state index >= 15 is 0 Å². The molecule has 2 aromatic carbocycles. The number of nitrogens with zero attached hydrogens (tertiary/aromatic N) is 2. The molecule has 28 heavy (non-hydrogen) atoms. The van der Waals surface area contributed by atoms with Gasteiger partial charge in [0.1, 0.15) is 11.5 Å². The second-order valence-corrected chi connectivity index (χ2v) is 7.20. The molecule has 1 heterocycles. The Labute approximate surface area is 164 Å². The van der Waals surface area contributed by atoms with Gasteiger partial charge in [-0.25, -0.2) is 0 Å². The summed E-state index contributed by atoms with van der Waals surface area (Å²) in [4.78, 5) is 25.1. The molecule has 1 atom stereocenters. The first-order chi connectivity index (χ1) is 13.4. The predicted molar refractivity (Wildman–Crippen MR) is 106 cm³/mol. The molecule has 0 saturated heterocycles. The Bertz CT molecular complexity index is 881. The van der Waals surface area contributed by atoms with Crippen molar-refractivity contribution in [1.82, 2.24) is 0 Å². The Morgan fingerprint density at radius 1 is 1.25 bits per heavy atom. The zero-order valence-corrected chi connectivity index (χ0v) is 16.3. The van der Waals surface area contributed by atoms with Crippen LogP contribution in [0.5, 0.6) is 11.5 Å². The van der Waals surface area contributed by atoms with Gasteiger partial charge in [0.15, 0.2) is 6.10 Å². The quantitative estimate of drug-likeness (QED) is 0.407. The maximum absolute atomic E-state index is 12.9. The maximum atomic E-state index is 12.9. The lowest BCUT2D eigenvalue weighted by Gasteiger charge is -2.35. The van der Waals surface area contributed by atoms with Crippen LogP contribution < -0.4 is 14.4 Å². The number of carbonyl (C=O) groups excluding carboxylic acids is 1. The second-order valence-electron chi connectivity index (χ2n) is 7.20. The number of nitro benzene ring substituents is 1. The van der Waals surface area contributed by atoms with Crippen LogP contribution in [0.25, 0.3) is 0 Å². The number of aryl methyl sites for hydroxylation is 1. The van der Waals surface area contributed by atoms with Crippen LogP contribution in [0.2, 0.25) is 0 Å². The average molecular weight is 384 g/mol. The lowest BCUT2D eigenvalue weighted by molar-refractivity contribution is -0.384. The van der Waals surface area contributed by atoms with Gasteiger partial charge in [0.2, 0.25) is 0 Å². The minimum absolute atomic E-state index is 0.0121. The van der Waals surface area contributed by atoms with Gasteiger partial charge >= 0.3 is 0 Å². The Balaban J connectivity index is 1.74. The maximum Gasteiger partial charge on any atom is 0.271 e. The monoisotopic (exact) mass is 384 g/mol. The average Bonchev–Trinajstić information content (AvgIpc) is 2.65. The third-order valence-electron chi connectivity index (χ3n) is 4.60. The highest BCUT2D eigenvalue weighted by molar-refractivity contribution is 6.00. The van der Waals surface area contributed by atoms with Crippen molar-refractivity contribution in [2.45, 2.75) is 33.3 Å². The SMILES string of the molecule is Cc1cccc(OCCCN2C(=O)C(C(C)C)Oc3ccc([N+](=O)[O-])cc32)c1. The molecular weight excluding hydrogens is 360 g/mol. The highest BCUT2D eigenvalue weighted by Crippen LogP contribution is 2.38. The van der Waals surface area contributed by atoms with E-state index in [9.17, 15) is 14.9 Å². The van der Waals surface area contributed by atoms with Crippen molar-refractivity contribution in [3.8, 4) is 11.5 Å². The summed E-state index contributed by atoms with van der Waals surface area (Å²) < 4.78 is 11.6. The first-order valence-corrected chi connectivity index (χ1v) is 9.33. The van der Waals surface area contributed by atoms with Gasteiger partial charge < -0.3 is 14.4 Å². The molecule has 7 heteroatoms. The fourth-order valence-corrected chi connectivity index (χ4v) is 3.16. The summed E-state index contributed by atoms with van der Waals surface area (Å²) in [6, 6.07) is 12.1. The molecule has 0 bridgehead atoms. The molecule has 1 aliphatic heterocycles. The van der Waals surface area contributed by atoms with E-state index in [2.05, 4.69) is 0 Å². The van der Waals surface area contributed by atoms with Crippen LogP contribution in [0.1, 0.15) is 25.8 Å². The molecule has 1 amide bonds. The number of amides is 1. The van der Waals surface area contributed by atoms with Crippen molar-refractivity contribution in [1.29, 1.82) is 0 Å². The Hall–Kier alpha value is -3.09. The number of rotatable bonds is 7. The van der Waals surface area contributed by atoms with Crippen LogP contribution in [0.3, 0.4) is 0 Å². The Kier molecular flexibility index (Phi) is 5.82. The summed E-state index contributed by atoms with van der Waals surface area (Å²) in [5.41, 5.74) is 1.48. The van der Waals surface area contributed by atoms with Crippen LogP contribution in [0, 0.1) is 23.0 Å². The number of anilines is 1. The minimum atomic E-state index is -0.605. The van der Waals surface area contributed by atoms with Crippen LogP contribution in [0.15, 0.2) is 42.5 Å². The summed E-state index contributed by atoms with van der Waals surface area (Å²) >= 11 is 0. The van der Waals surface area contributed by atoms with Gasteiger partial charge in [-0.3, -0.25) is 14.9 Å². The van der Waals surface area contributed by atoms with Crippen LogP contribution in [0.4, 0.5) is 11.4 Å². The van der Waals surface area contributed by atoms with E-state index < -0.39 is 11.0 Å². The molecule has 0 N–H and O–H groups in total. The molecule has 3 rings (SSSR count). The molecule has 148 valence electrons. The number of nitro groups is 1. The number of hydrogen-bond acceptors (Lipinski definition) is 5. The van der Waals surface area contributed by atoms with E-state index in [0.717, 1.165) is 11.3 Å². The van der Waals surface area contributed by atoms with Crippen molar-refractivity contribution in [2.75, 3.05) is 18.1 Å². The molecule has 7 nitrogen and oxygen atoms in total. The molecule has 0 spiro atoms. The summed E-state index contributed by atoms with van der Waals surface area (Å²) in [5.74, 6) is 1.08. The second kappa shape index (κ2) is 8.29. The number of ether oxygens (including phenoxy) is 2. The highest BCUT2D eigenvalue weighted by Gasteiger charge is 2.36. The smallest absolute Gasteiger partial charge is 0.271 e. The lowest BCUT2D eigenvalue weighted by atomic mass is 10.0. The largest absolute Gasteiger partial charge is 0.494 e. The third-order valence-corrected chi connectivity index (χ3v) is 4.60. The van der Waals surface area contributed by atoms with Crippen LogP contribution in [-0.2, 0) is 4.79 Å². The van der Waals surface area contributed by atoms with E-state index in [1.54, 1.807) is 11.0 Å². The Morgan fingerprint density at radius 2 is 2.04 bits per heavy atom. The van der Waals surface area contributed by atoms with Crippen LogP contribution in [-0.4, -0.2) is 30.1 Å². The summed E-state index contributed by atoms with van der Waals surface area (Å²) in [7, 11) is 0. The van der Waals surface area contributed by atoms with Gasteiger partial charge in [0.05, 0.1) is 17.2 Å². The molecule has 2 aromatic rings. The molecule has 1 unspecified atom stereocenters. The molecule has 0 aromatic heterocycles. The normalized spacial score (nSPS) is 15.9. The van der Waals surface area contributed by atoms with Crippen molar-refractivity contribution < 1.29 is 19.2 Å². The van der Waals surface area contributed by atoms with Crippen molar-refractivity contribution in [3.63, 3.8) is 0 Å². The Morgan fingerprint density at radius 3 is 2.71 bits per heavy atom. The fourth-order valence-electron chi connectivity index (χ4n) is 3.16. The number of hydrogen-bond donors (Lipinski definition) is 0. The van der Waals surface area contributed by atoms with Gasteiger partial charge in [-0.15, -0.1) is 0 Å². The van der Waals surface area contributed by atoms with E-state index in [4.69, 9.17) is 9.47 Å². The first kappa shape index (κ1) is 19.7. The zero-order chi connectivity index (χ0) is 20.3. The summed E-state index contributed by atoms with van der Waals surface area (Å²) in [6.07, 6.45) is -0.0150. The number of fused-ring (bicyclic) bond motifs is 1. The number of benzene rings is 2. The van der Waals surface area contributed by atoms with E-state index in [0.29, 0.717) is 31.0 Å². The molecule has 0 aliphatic carbocycles. The zero-order valence-electron chi connectivity index (χ0n) is 16.3. The van der Waals surface area contributed by atoms with E-state index in [-0.39, 0.29) is 17.5 Å². The number of carbonyl (C=O) groups is 1. The fraction of sp³-hybridized carbons (Fsp3) is 0.381. The number of non-ortho nitro benzene ring substituents is 1. The van der Waals surface area contributed by atoms with Crippen molar-refractivity contribution in [3.05, 3.63) is 58.1 Å². The van der Waals surface area contributed by atoms with Crippen molar-refractivity contribution >= 4 is 17.3 Å². The van der Waals surface area contributed by atoms with Crippen molar-refractivity contribution in [2.24, 2.45) is 5.92 Å². The van der Waals surface area contributed by atoms with E-state index in [1.807, 2.05) is 45.0 Å². The molecule has 1 aliphatic rings. The highest BCUT2D eigenvalue weighted by atomic mass is 16.6. The predicted octanol–water partition coefficient (Wildman–Crippen LogP) is 4.12. The summed E-state index contributed by atoms with van der Waals surface area (Å²) in [6.45, 7) is 6.65. The molecule has 0 saturated carbocycles. The van der Waals surface area contributed by atoms with Crippen LogP contribution >= 0.6 is 0 Å². The lowest BCUT2D eigenvalue weighted by Crippen LogP contribution is -2.48. The van der Waals surface area contributed by atoms with Gasteiger partial charge in [-0.2, -0.15) is 0 Å². The standard InChI is InChI=1S/C21H24N2O5/c1-14(2)20-21(24)22(10-5-11-27-17-7-4-6-15(3)12-17)18-13-16(23(25)26)8-9-19(18)28-20/h4,6-9,12-14,20H,5,10-11H2,1-3H3. The van der Waals surface area contributed by atoms with Gasteiger partial charge in [-0.05, 0) is 43.0 Å². The van der Waals surface area contributed by atoms with Gasteiger partial charge in [-0.1, -0.05) is 26.0 Å².